The van der Waals surface area contributed by atoms with E-state index >= 15 is 0 Å². The van der Waals surface area contributed by atoms with Crippen molar-refractivity contribution in [1.29, 1.82) is 0 Å². The van der Waals surface area contributed by atoms with E-state index in [1.807, 2.05) is 13.8 Å². The van der Waals surface area contributed by atoms with Crippen molar-refractivity contribution in [3.8, 4) is 0 Å². The Labute approximate surface area is 116 Å². The summed E-state index contributed by atoms with van der Waals surface area (Å²) in [6.45, 7) is 5.33. The maximum Gasteiger partial charge on any atom is 0.228 e. The maximum atomic E-state index is 10.4. The molecular formula is C11H18ClN5O2. The lowest BCUT2D eigenvalue weighted by Crippen LogP contribution is -2.43. The summed E-state index contributed by atoms with van der Waals surface area (Å²) in [6, 6.07) is 0. The topological polar surface area (TPSA) is 92.2 Å². The number of aliphatic hydroxyl groups is 1. The lowest BCUT2D eigenvalue weighted by Gasteiger charge is -2.26. The van der Waals surface area contributed by atoms with Gasteiger partial charge in [0.15, 0.2) is 0 Å². The fraction of sp³-hybridized carbons (Fsp3) is 0.727. The number of ether oxygens (including phenoxy) is 1. The molecule has 0 aliphatic carbocycles. The van der Waals surface area contributed by atoms with E-state index < -0.39 is 5.60 Å². The Balaban J connectivity index is 2.03. The summed E-state index contributed by atoms with van der Waals surface area (Å²) in [5.41, 5.74) is -0.905. The van der Waals surface area contributed by atoms with Crippen LogP contribution >= 0.6 is 11.6 Å². The van der Waals surface area contributed by atoms with Gasteiger partial charge in [0.1, 0.15) is 5.60 Å². The minimum Gasteiger partial charge on any atom is -0.385 e. The molecule has 7 nitrogen and oxygen atoms in total. The fourth-order valence-corrected chi connectivity index (χ4v) is 2.06. The van der Waals surface area contributed by atoms with Gasteiger partial charge in [-0.25, -0.2) is 0 Å². The van der Waals surface area contributed by atoms with E-state index in [0.717, 1.165) is 0 Å². The van der Waals surface area contributed by atoms with Crippen LogP contribution in [-0.4, -0.2) is 51.5 Å². The summed E-state index contributed by atoms with van der Waals surface area (Å²) >= 11 is 5.82. The van der Waals surface area contributed by atoms with Gasteiger partial charge in [-0.2, -0.15) is 15.0 Å². The molecule has 1 aliphatic rings. The molecule has 106 valence electrons. The standard InChI is InChI=1S/C11H18ClN5O2/c1-3-13-9-15-8(12)16-10(17-9)14-6-11(18)4-5-19-7(11)2/h7,18H,3-6H2,1-2H3,(H2,13,14,15,16,17). The van der Waals surface area contributed by atoms with E-state index in [0.29, 0.717) is 38.0 Å². The average Bonchev–Trinajstić information content (AvgIpc) is 2.68. The molecule has 0 amide bonds. The van der Waals surface area contributed by atoms with Crippen molar-refractivity contribution in [1.82, 2.24) is 15.0 Å². The van der Waals surface area contributed by atoms with Gasteiger partial charge in [0.05, 0.1) is 6.10 Å². The monoisotopic (exact) mass is 287 g/mol. The zero-order valence-electron chi connectivity index (χ0n) is 11.0. The van der Waals surface area contributed by atoms with Gasteiger partial charge in [0, 0.05) is 26.1 Å². The van der Waals surface area contributed by atoms with Crippen LogP contribution in [0.25, 0.3) is 0 Å². The van der Waals surface area contributed by atoms with Gasteiger partial charge >= 0.3 is 0 Å². The third-order valence-corrected chi connectivity index (χ3v) is 3.32. The zero-order chi connectivity index (χ0) is 13.9. The fourth-order valence-electron chi connectivity index (χ4n) is 1.90. The van der Waals surface area contributed by atoms with E-state index in [-0.39, 0.29) is 11.4 Å². The lowest BCUT2D eigenvalue weighted by molar-refractivity contribution is -0.0176. The largest absolute Gasteiger partial charge is 0.385 e. The zero-order valence-corrected chi connectivity index (χ0v) is 11.7. The summed E-state index contributed by atoms with van der Waals surface area (Å²) in [6.07, 6.45) is 0.366. The highest BCUT2D eigenvalue weighted by molar-refractivity contribution is 6.28. The first-order valence-electron chi connectivity index (χ1n) is 6.27. The van der Waals surface area contributed by atoms with E-state index in [2.05, 4.69) is 25.6 Å². The number of hydrogen-bond donors (Lipinski definition) is 3. The van der Waals surface area contributed by atoms with Gasteiger partial charge in [-0.3, -0.25) is 0 Å². The number of aromatic nitrogens is 3. The highest BCUT2D eigenvalue weighted by Gasteiger charge is 2.39. The molecule has 2 atom stereocenters. The third kappa shape index (κ3) is 3.43. The van der Waals surface area contributed by atoms with Crippen LogP contribution in [0.3, 0.4) is 0 Å². The second-order valence-corrected chi connectivity index (χ2v) is 4.84. The Bertz CT molecular complexity index is 447. The van der Waals surface area contributed by atoms with Crippen molar-refractivity contribution in [2.24, 2.45) is 0 Å². The first-order chi connectivity index (χ1) is 9.03. The maximum absolute atomic E-state index is 10.4. The highest BCUT2D eigenvalue weighted by Crippen LogP contribution is 2.25. The van der Waals surface area contributed by atoms with Gasteiger partial charge < -0.3 is 20.5 Å². The molecule has 1 saturated heterocycles. The molecular weight excluding hydrogens is 270 g/mol. The molecule has 3 N–H and O–H groups in total. The first kappa shape index (κ1) is 14.2. The summed E-state index contributed by atoms with van der Waals surface area (Å²) in [4.78, 5) is 12.1. The van der Waals surface area contributed by atoms with Crippen LogP contribution in [0.15, 0.2) is 0 Å². The first-order valence-corrected chi connectivity index (χ1v) is 6.64. The lowest BCUT2D eigenvalue weighted by atomic mass is 9.97. The van der Waals surface area contributed by atoms with E-state index in [9.17, 15) is 5.11 Å². The molecule has 2 unspecified atom stereocenters. The number of nitrogens with one attached hydrogen (secondary N) is 2. The van der Waals surface area contributed by atoms with Gasteiger partial charge in [-0.05, 0) is 25.4 Å². The molecule has 2 heterocycles. The molecule has 0 spiro atoms. The van der Waals surface area contributed by atoms with Gasteiger partial charge in [0.25, 0.3) is 0 Å². The Kier molecular flexibility index (Phi) is 4.38. The van der Waals surface area contributed by atoms with Crippen LogP contribution in [0.1, 0.15) is 20.3 Å². The highest BCUT2D eigenvalue weighted by atomic mass is 35.5. The quantitative estimate of drug-likeness (QED) is 0.741. The number of nitrogens with zero attached hydrogens (tertiary/aromatic N) is 3. The van der Waals surface area contributed by atoms with Gasteiger partial charge in [0.2, 0.25) is 17.2 Å². The van der Waals surface area contributed by atoms with Crippen LogP contribution in [0.2, 0.25) is 5.28 Å². The average molecular weight is 288 g/mol. The van der Waals surface area contributed by atoms with Crippen molar-refractivity contribution in [2.45, 2.75) is 32.0 Å². The SMILES string of the molecule is CCNc1nc(Cl)nc(NCC2(O)CCOC2C)n1. The summed E-state index contributed by atoms with van der Waals surface area (Å²) in [7, 11) is 0. The smallest absolute Gasteiger partial charge is 0.228 e. The third-order valence-electron chi connectivity index (χ3n) is 3.16. The van der Waals surface area contributed by atoms with E-state index in [1.54, 1.807) is 0 Å². The minimum atomic E-state index is -0.905. The number of halogens is 1. The molecule has 1 aromatic rings. The molecule has 1 aromatic heterocycles. The molecule has 1 fully saturated rings. The minimum absolute atomic E-state index is 0.108. The number of anilines is 2. The molecule has 0 aromatic carbocycles. The number of hydrogen-bond acceptors (Lipinski definition) is 7. The van der Waals surface area contributed by atoms with Crippen molar-refractivity contribution in [3.63, 3.8) is 0 Å². The molecule has 0 saturated carbocycles. The normalized spacial score (nSPS) is 26.4. The Morgan fingerprint density at radius 2 is 2.05 bits per heavy atom. The van der Waals surface area contributed by atoms with Gasteiger partial charge in [-0.15, -0.1) is 0 Å². The molecule has 2 rings (SSSR count). The molecule has 1 aliphatic heterocycles. The van der Waals surface area contributed by atoms with Crippen LogP contribution in [-0.2, 0) is 4.74 Å². The molecule has 0 radical (unpaired) electrons. The Hall–Kier alpha value is -1.18. The van der Waals surface area contributed by atoms with Crippen molar-refractivity contribution < 1.29 is 9.84 Å². The van der Waals surface area contributed by atoms with Crippen molar-refractivity contribution >= 4 is 23.5 Å². The molecule has 19 heavy (non-hydrogen) atoms. The second-order valence-electron chi connectivity index (χ2n) is 4.50. The number of rotatable bonds is 5. The van der Waals surface area contributed by atoms with Crippen LogP contribution < -0.4 is 10.6 Å². The molecule has 8 heteroatoms. The van der Waals surface area contributed by atoms with E-state index in [4.69, 9.17) is 16.3 Å². The van der Waals surface area contributed by atoms with Crippen LogP contribution in [0.4, 0.5) is 11.9 Å². The van der Waals surface area contributed by atoms with E-state index in [1.165, 1.54) is 0 Å². The van der Waals surface area contributed by atoms with Crippen LogP contribution in [0, 0.1) is 0 Å². The second kappa shape index (κ2) is 5.85. The van der Waals surface area contributed by atoms with Crippen molar-refractivity contribution in [3.05, 3.63) is 5.28 Å². The summed E-state index contributed by atoms with van der Waals surface area (Å²) < 4.78 is 5.36. The predicted octanol–water partition coefficient (Wildman–Crippen LogP) is 0.909. The molecule has 0 bridgehead atoms. The van der Waals surface area contributed by atoms with Crippen LogP contribution in [0.5, 0.6) is 0 Å². The predicted molar refractivity (Wildman–Crippen MR) is 72.5 cm³/mol. The summed E-state index contributed by atoms with van der Waals surface area (Å²) in [5, 5.41) is 16.4. The summed E-state index contributed by atoms with van der Waals surface area (Å²) in [5.74, 6) is 0.746. The Morgan fingerprint density at radius 3 is 2.63 bits per heavy atom. The van der Waals surface area contributed by atoms with Gasteiger partial charge in [-0.1, -0.05) is 0 Å². The Morgan fingerprint density at radius 1 is 1.37 bits per heavy atom. The van der Waals surface area contributed by atoms with Crippen molar-refractivity contribution in [2.75, 3.05) is 30.3 Å².